The topological polar surface area (TPSA) is 60.9 Å². The number of aliphatic carboxylic acids is 1. The molecule has 0 aliphatic carbocycles. The van der Waals surface area contributed by atoms with Gasteiger partial charge in [0.05, 0.1) is 13.0 Å². The zero-order valence-electron chi connectivity index (χ0n) is 11.5. The molecule has 5 nitrogen and oxygen atoms in total. The number of hydrogen-bond donors (Lipinski definition) is 1. The summed E-state index contributed by atoms with van der Waals surface area (Å²) in [4.78, 5) is 26.8. The van der Waals surface area contributed by atoms with E-state index < -0.39 is 5.97 Å². The van der Waals surface area contributed by atoms with E-state index in [1.54, 1.807) is 0 Å². The molecule has 0 radical (unpaired) electrons. The molecule has 1 N–H and O–H groups in total. The van der Waals surface area contributed by atoms with Gasteiger partial charge in [-0.3, -0.25) is 14.5 Å². The third-order valence-electron chi connectivity index (χ3n) is 4.06. The first-order chi connectivity index (χ1) is 9.15. The minimum Gasteiger partial charge on any atom is -0.481 e. The van der Waals surface area contributed by atoms with Crippen LogP contribution in [-0.2, 0) is 9.59 Å². The van der Waals surface area contributed by atoms with Crippen molar-refractivity contribution in [2.24, 2.45) is 5.92 Å². The Morgan fingerprint density at radius 1 is 1.00 bits per heavy atom. The fourth-order valence-electron chi connectivity index (χ4n) is 2.97. The summed E-state index contributed by atoms with van der Waals surface area (Å²) in [5, 5.41) is 8.69. The summed E-state index contributed by atoms with van der Waals surface area (Å²) in [5.74, 6) is -0.284. The Balaban J connectivity index is 1.68. The Bertz CT molecular complexity index is 319. The van der Waals surface area contributed by atoms with Crippen LogP contribution in [0.25, 0.3) is 0 Å². The average molecular weight is 268 g/mol. The van der Waals surface area contributed by atoms with Crippen LogP contribution in [-0.4, -0.2) is 59.5 Å². The molecule has 0 aromatic rings. The van der Waals surface area contributed by atoms with Gasteiger partial charge in [-0.15, -0.1) is 0 Å². The highest BCUT2D eigenvalue weighted by Crippen LogP contribution is 2.19. The van der Waals surface area contributed by atoms with Crippen molar-refractivity contribution in [1.29, 1.82) is 0 Å². The number of carbonyl (C=O) groups excluding carboxylic acids is 1. The molecule has 2 aliphatic heterocycles. The molecule has 5 heteroatoms. The van der Waals surface area contributed by atoms with Crippen LogP contribution in [0.5, 0.6) is 0 Å². The van der Waals surface area contributed by atoms with E-state index in [1.165, 1.54) is 19.3 Å². The molecule has 0 aromatic heterocycles. The predicted octanol–water partition coefficient (Wildman–Crippen LogP) is 1.19. The zero-order chi connectivity index (χ0) is 13.7. The first kappa shape index (κ1) is 14.3. The minimum absolute atomic E-state index is 0.218. The maximum absolute atomic E-state index is 12.2. The smallest absolute Gasteiger partial charge is 0.303 e. The molecule has 108 valence electrons. The highest BCUT2D eigenvalue weighted by Gasteiger charge is 2.30. The Morgan fingerprint density at radius 2 is 1.58 bits per heavy atom. The number of amides is 1. The monoisotopic (exact) mass is 268 g/mol. The highest BCUT2D eigenvalue weighted by atomic mass is 16.4. The largest absolute Gasteiger partial charge is 0.481 e. The van der Waals surface area contributed by atoms with Gasteiger partial charge in [0.1, 0.15) is 0 Å². The lowest BCUT2D eigenvalue weighted by atomic mass is 9.96. The van der Waals surface area contributed by atoms with Gasteiger partial charge in [0.25, 0.3) is 0 Å². The summed E-state index contributed by atoms with van der Waals surface area (Å²) in [5.41, 5.74) is 0. The molecule has 1 amide bonds. The van der Waals surface area contributed by atoms with E-state index in [4.69, 9.17) is 5.11 Å². The molecule has 0 atom stereocenters. The van der Waals surface area contributed by atoms with Crippen LogP contribution in [0.4, 0.5) is 0 Å². The number of rotatable bonds is 4. The number of carboxylic acid groups (broad SMARTS) is 1. The van der Waals surface area contributed by atoms with Crippen molar-refractivity contribution in [2.45, 2.75) is 38.5 Å². The van der Waals surface area contributed by atoms with Gasteiger partial charge >= 0.3 is 5.97 Å². The molecule has 2 heterocycles. The average Bonchev–Trinajstić information content (AvgIpc) is 2.24. The third kappa shape index (κ3) is 4.49. The SMILES string of the molecule is O=C(O)CC1CN(CC(=O)N2CCCCCCC2)C1. The second-order valence-corrected chi connectivity index (χ2v) is 5.81. The number of likely N-dealkylation sites (tertiary alicyclic amines) is 2. The quantitative estimate of drug-likeness (QED) is 0.832. The lowest BCUT2D eigenvalue weighted by Gasteiger charge is -2.39. The Labute approximate surface area is 114 Å². The molecule has 0 bridgehead atoms. The van der Waals surface area contributed by atoms with E-state index in [-0.39, 0.29) is 18.2 Å². The maximum Gasteiger partial charge on any atom is 0.303 e. The standard InChI is InChI=1S/C14H24N2O3/c17-13(16-6-4-2-1-3-5-7-16)11-15-9-12(10-15)8-14(18)19/h12H,1-11H2,(H,18,19). The molecule has 2 saturated heterocycles. The van der Waals surface area contributed by atoms with Gasteiger partial charge in [0.15, 0.2) is 0 Å². The fraction of sp³-hybridized carbons (Fsp3) is 0.857. The van der Waals surface area contributed by atoms with Gasteiger partial charge in [-0.25, -0.2) is 0 Å². The van der Waals surface area contributed by atoms with Crippen molar-refractivity contribution in [2.75, 3.05) is 32.7 Å². The zero-order valence-corrected chi connectivity index (χ0v) is 11.5. The Kier molecular flexibility index (Phi) is 5.19. The van der Waals surface area contributed by atoms with E-state index in [9.17, 15) is 9.59 Å². The van der Waals surface area contributed by atoms with Crippen LogP contribution in [0.3, 0.4) is 0 Å². The highest BCUT2D eigenvalue weighted by molar-refractivity contribution is 5.78. The van der Waals surface area contributed by atoms with Crippen LogP contribution in [0.15, 0.2) is 0 Å². The molecular formula is C14H24N2O3. The molecule has 0 aromatic carbocycles. The molecule has 0 unspecified atom stereocenters. The summed E-state index contributed by atoms with van der Waals surface area (Å²) in [6.45, 7) is 3.77. The van der Waals surface area contributed by atoms with Gasteiger partial charge < -0.3 is 10.0 Å². The Hall–Kier alpha value is -1.10. The lowest BCUT2D eigenvalue weighted by molar-refractivity contribution is -0.140. The van der Waals surface area contributed by atoms with Crippen molar-refractivity contribution < 1.29 is 14.7 Å². The summed E-state index contributed by atoms with van der Waals surface area (Å²) < 4.78 is 0. The van der Waals surface area contributed by atoms with Crippen molar-refractivity contribution >= 4 is 11.9 Å². The molecule has 2 aliphatic rings. The van der Waals surface area contributed by atoms with Crippen LogP contribution >= 0.6 is 0 Å². The fourth-order valence-corrected chi connectivity index (χ4v) is 2.97. The van der Waals surface area contributed by atoms with Gasteiger partial charge in [-0.1, -0.05) is 19.3 Å². The maximum atomic E-state index is 12.2. The molecule has 0 saturated carbocycles. The predicted molar refractivity (Wildman–Crippen MR) is 71.8 cm³/mol. The Morgan fingerprint density at radius 3 is 2.16 bits per heavy atom. The lowest BCUT2D eigenvalue weighted by Crippen LogP contribution is -2.52. The number of carboxylic acids is 1. The van der Waals surface area contributed by atoms with Crippen molar-refractivity contribution in [1.82, 2.24) is 9.80 Å². The van der Waals surface area contributed by atoms with E-state index in [0.29, 0.717) is 6.54 Å². The summed E-state index contributed by atoms with van der Waals surface area (Å²) in [6.07, 6.45) is 6.22. The van der Waals surface area contributed by atoms with Crippen LogP contribution in [0.2, 0.25) is 0 Å². The van der Waals surface area contributed by atoms with Gasteiger partial charge in [0, 0.05) is 26.2 Å². The van der Waals surface area contributed by atoms with Crippen LogP contribution in [0.1, 0.15) is 38.5 Å². The van der Waals surface area contributed by atoms with E-state index in [2.05, 4.69) is 4.90 Å². The number of carbonyl (C=O) groups is 2. The molecule has 0 spiro atoms. The molecule has 2 fully saturated rings. The van der Waals surface area contributed by atoms with Crippen molar-refractivity contribution in [3.8, 4) is 0 Å². The first-order valence-corrected chi connectivity index (χ1v) is 7.37. The van der Waals surface area contributed by atoms with Crippen LogP contribution < -0.4 is 0 Å². The van der Waals surface area contributed by atoms with Crippen molar-refractivity contribution in [3.63, 3.8) is 0 Å². The second kappa shape index (κ2) is 6.89. The summed E-state index contributed by atoms with van der Waals surface area (Å²) in [7, 11) is 0. The van der Waals surface area contributed by atoms with Gasteiger partial charge in [-0.05, 0) is 18.8 Å². The van der Waals surface area contributed by atoms with Crippen LogP contribution in [0, 0.1) is 5.92 Å². The van der Waals surface area contributed by atoms with E-state index in [0.717, 1.165) is 39.0 Å². The molecule has 19 heavy (non-hydrogen) atoms. The van der Waals surface area contributed by atoms with Gasteiger partial charge in [-0.2, -0.15) is 0 Å². The van der Waals surface area contributed by atoms with Gasteiger partial charge in [0.2, 0.25) is 5.91 Å². The first-order valence-electron chi connectivity index (χ1n) is 7.37. The van der Waals surface area contributed by atoms with Crippen molar-refractivity contribution in [3.05, 3.63) is 0 Å². The molecular weight excluding hydrogens is 244 g/mol. The summed E-state index contributed by atoms with van der Waals surface area (Å²) in [6, 6.07) is 0. The van der Waals surface area contributed by atoms with E-state index in [1.807, 2.05) is 4.90 Å². The van der Waals surface area contributed by atoms with E-state index >= 15 is 0 Å². The minimum atomic E-state index is -0.736. The summed E-state index contributed by atoms with van der Waals surface area (Å²) >= 11 is 0. The number of hydrogen-bond acceptors (Lipinski definition) is 3. The normalized spacial score (nSPS) is 22.4. The number of nitrogens with zero attached hydrogens (tertiary/aromatic N) is 2. The molecule has 2 rings (SSSR count). The third-order valence-corrected chi connectivity index (χ3v) is 4.06. The second-order valence-electron chi connectivity index (χ2n) is 5.81.